The highest BCUT2D eigenvalue weighted by atomic mass is 16.2. The van der Waals surface area contributed by atoms with Crippen LogP contribution in [0, 0.1) is 13.8 Å². The second-order valence-corrected chi connectivity index (χ2v) is 6.22. The largest absolute Gasteiger partial charge is 0.399 e. The van der Waals surface area contributed by atoms with Gasteiger partial charge in [-0.05, 0) is 55.7 Å². The molecule has 6 heteroatoms. The van der Waals surface area contributed by atoms with Crippen molar-refractivity contribution in [2.75, 3.05) is 11.1 Å². The van der Waals surface area contributed by atoms with E-state index in [1.807, 2.05) is 44.2 Å². The van der Waals surface area contributed by atoms with Gasteiger partial charge in [0.15, 0.2) is 0 Å². The molecule has 0 atom stereocenters. The Labute approximate surface area is 153 Å². The predicted octanol–water partition coefficient (Wildman–Crippen LogP) is 3.14. The summed E-state index contributed by atoms with van der Waals surface area (Å²) in [6, 6.07) is 13.1. The zero-order chi connectivity index (χ0) is 19.1. The molecule has 0 fully saturated rings. The van der Waals surface area contributed by atoms with Crippen LogP contribution in [0.25, 0.3) is 0 Å². The fourth-order valence-electron chi connectivity index (χ4n) is 2.30. The second-order valence-electron chi connectivity index (χ2n) is 6.22. The molecule has 0 aliphatic rings. The van der Waals surface area contributed by atoms with E-state index in [4.69, 9.17) is 5.73 Å². The third kappa shape index (κ3) is 5.73. The zero-order valence-electron chi connectivity index (χ0n) is 15.3. The molecule has 0 saturated carbocycles. The summed E-state index contributed by atoms with van der Waals surface area (Å²) >= 11 is 0. The number of nitrogen functional groups attached to an aromatic ring is 1. The molecule has 0 saturated heterocycles. The molecular weight excluding hydrogens is 328 g/mol. The molecule has 26 heavy (non-hydrogen) atoms. The maximum atomic E-state index is 12.0. The minimum absolute atomic E-state index is 0.0647. The van der Waals surface area contributed by atoms with Crippen LogP contribution in [-0.4, -0.2) is 17.5 Å². The number of nitrogens with zero attached hydrogens (tertiary/aromatic N) is 1. The molecule has 0 aliphatic carbocycles. The summed E-state index contributed by atoms with van der Waals surface area (Å²) in [5, 5.41) is 6.89. The molecule has 6 nitrogen and oxygen atoms in total. The summed E-state index contributed by atoms with van der Waals surface area (Å²) in [4.78, 5) is 23.9. The van der Waals surface area contributed by atoms with E-state index in [1.165, 1.54) is 0 Å². The highest BCUT2D eigenvalue weighted by Gasteiger charge is 2.08. The molecule has 0 heterocycles. The average Bonchev–Trinajstić information content (AvgIpc) is 2.61. The van der Waals surface area contributed by atoms with Crippen molar-refractivity contribution < 1.29 is 9.59 Å². The van der Waals surface area contributed by atoms with Crippen molar-refractivity contribution in [2.45, 2.75) is 33.6 Å². The zero-order valence-corrected chi connectivity index (χ0v) is 15.3. The number of carbonyl (C=O) groups excluding carboxylic acids is 2. The topological polar surface area (TPSA) is 96.6 Å². The molecule has 0 bridgehead atoms. The first-order valence-corrected chi connectivity index (χ1v) is 8.41. The number of hydrogen-bond acceptors (Lipinski definition) is 4. The summed E-state index contributed by atoms with van der Waals surface area (Å²) in [5.41, 5.74) is 13.1. The van der Waals surface area contributed by atoms with E-state index < -0.39 is 0 Å². The standard InChI is InChI=1S/C20H24N4O2/c1-13-4-5-14(2)18(12-13)22-19(25)10-11-20(26)24-23-15(3)16-6-8-17(21)9-7-16/h4-9,12H,10-11,21H2,1-3H3,(H,22,25)(H,24,26)/b23-15+. The quantitative estimate of drug-likeness (QED) is 0.423. The monoisotopic (exact) mass is 352 g/mol. The van der Waals surface area contributed by atoms with Crippen molar-refractivity contribution >= 4 is 28.9 Å². The summed E-state index contributed by atoms with van der Waals surface area (Å²) < 4.78 is 0. The Bertz CT molecular complexity index is 826. The molecule has 4 N–H and O–H groups in total. The van der Waals surface area contributed by atoms with Gasteiger partial charge in [-0.3, -0.25) is 9.59 Å². The molecule has 0 unspecified atom stereocenters. The molecule has 0 radical (unpaired) electrons. The molecule has 0 aliphatic heterocycles. The van der Waals surface area contributed by atoms with Crippen LogP contribution in [0.3, 0.4) is 0 Å². The fourth-order valence-corrected chi connectivity index (χ4v) is 2.30. The third-order valence-corrected chi connectivity index (χ3v) is 3.92. The normalized spacial score (nSPS) is 11.1. The van der Waals surface area contributed by atoms with E-state index in [0.717, 1.165) is 22.4 Å². The number of hydrazone groups is 1. The third-order valence-electron chi connectivity index (χ3n) is 3.92. The number of anilines is 2. The predicted molar refractivity (Wildman–Crippen MR) is 105 cm³/mol. The summed E-state index contributed by atoms with van der Waals surface area (Å²) in [7, 11) is 0. The van der Waals surface area contributed by atoms with Crippen molar-refractivity contribution in [3.63, 3.8) is 0 Å². The lowest BCUT2D eigenvalue weighted by molar-refractivity contribution is -0.124. The van der Waals surface area contributed by atoms with Crippen LogP contribution in [0.5, 0.6) is 0 Å². The second kappa shape index (κ2) is 8.80. The van der Waals surface area contributed by atoms with Gasteiger partial charge in [0.2, 0.25) is 11.8 Å². The Hall–Kier alpha value is -3.15. The Morgan fingerprint density at radius 2 is 1.65 bits per heavy atom. The van der Waals surface area contributed by atoms with Crippen molar-refractivity contribution in [1.29, 1.82) is 0 Å². The van der Waals surface area contributed by atoms with Crippen molar-refractivity contribution in [2.24, 2.45) is 5.10 Å². The van der Waals surface area contributed by atoms with Crippen LogP contribution in [0.4, 0.5) is 11.4 Å². The maximum absolute atomic E-state index is 12.0. The number of carbonyl (C=O) groups is 2. The molecule has 2 rings (SSSR count). The number of rotatable bonds is 6. The Morgan fingerprint density at radius 3 is 2.35 bits per heavy atom. The number of amides is 2. The van der Waals surface area contributed by atoms with Crippen LogP contribution in [-0.2, 0) is 9.59 Å². The summed E-state index contributed by atoms with van der Waals surface area (Å²) in [5.74, 6) is -0.510. The molecule has 0 aromatic heterocycles. The van der Waals surface area contributed by atoms with E-state index >= 15 is 0 Å². The average molecular weight is 352 g/mol. The Morgan fingerprint density at radius 1 is 1.00 bits per heavy atom. The fraction of sp³-hybridized carbons (Fsp3) is 0.250. The maximum Gasteiger partial charge on any atom is 0.240 e. The van der Waals surface area contributed by atoms with Gasteiger partial charge in [0.25, 0.3) is 0 Å². The van der Waals surface area contributed by atoms with Gasteiger partial charge >= 0.3 is 0 Å². The van der Waals surface area contributed by atoms with Gasteiger partial charge in [-0.2, -0.15) is 5.10 Å². The summed E-state index contributed by atoms with van der Waals surface area (Å²) in [6.45, 7) is 5.68. The lowest BCUT2D eigenvalue weighted by Crippen LogP contribution is -2.22. The van der Waals surface area contributed by atoms with Gasteiger partial charge in [0, 0.05) is 24.2 Å². The molecule has 136 valence electrons. The number of hydrogen-bond donors (Lipinski definition) is 3. The van der Waals surface area contributed by atoms with E-state index in [1.54, 1.807) is 19.1 Å². The van der Waals surface area contributed by atoms with E-state index in [0.29, 0.717) is 11.4 Å². The first kappa shape index (κ1) is 19.2. The molecule has 2 amide bonds. The highest BCUT2D eigenvalue weighted by Crippen LogP contribution is 2.16. The number of aryl methyl sites for hydroxylation is 2. The lowest BCUT2D eigenvalue weighted by Gasteiger charge is -2.09. The van der Waals surface area contributed by atoms with Crippen LogP contribution in [0.1, 0.15) is 36.5 Å². The SMILES string of the molecule is C/C(=N\NC(=O)CCC(=O)Nc1cc(C)ccc1C)c1ccc(N)cc1. The number of benzene rings is 2. The number of nitrogens with one attached hydrogen (secondary N) is 2. The first-order valence-electron chi connectivity index (χ1n) is 8.41. The van der Waals surface area contributed by atoms with Crippen LogP contribution in [0.2, 0.25) is 0 Å². The Balaban J connectivity index is 1.82. The van der Waals surface area contributed by atoms with Gasteiger partial charge in [-0.25, -0.2) is 5.43 Å². The van der Waals surface area contributed by atoms with Crippen molar-refractivity contribution in [1.82, 2.24) is 5.43 Å². The minimum atomic E-state index is -0.309. The highest BCUT2D eigenvalue weighted by molar-refractivity contribution is 5.99. The molecular formula is C20H24N4O2. The molecule has 2 aromatic rings. The molecule has 2 aromatic carbocycles. The van der Waals surface area contributed by atoms with E-state index in [9.17, 15) is 9.59 Å². The number of nitrogens with two attached hydrogens (primary N) is 1. The van der Waals surface area contributed by atoms with Crippen molar-refractivity contribution in [3.05, 3.63) is 59.2 Å². The Kier molecular flexibility index (Phi) is 6.49. The first-order chi connectivity index (χ1) is 12.3. The van der Waals surface area contributed by atoms with Crippen LogP contribution < -0.4 is 16.5 Å². The minimum Gasteiger partial charge on any atom is -0.399 e. The van der Waals surface area contributed by atoms with Gasteiger partial charge in [-0.15, -0.1) is 0 Å². The van der Waals surface area contributed by atoms with Gasteiger partial charge in [0.1, 0.15) is 0 Å². The molecule has 0 spiro atoms. The van der Waals surface area contributed by atoms with Gasteiger partial charge in [-0.1, -0.05) is 24.3 Å². The smallest absolute Gasteiger partial charge is 0.240 e. The van der Waals surface area contributed by atoms with Gasteiger partial charge in [0.05, 0.1) is 5.71 Å². The van der Waals surface area contributed by atoms with E-state index in [-0.39, 0.29) is 24.7 Å². The van der Waals surface area contributed by atoms with Gasteiger partial charge < -0.3 is 11.1 Å². The van der Waals surface area contributed by atoms with Crippen LogP contribution >= 0.6 is 0 Å². The van der Waals surface area contributed by atoms with Crippen LogP contribution in [0.15, 0.2) is 47.6 Å². The van der Waals surface area contributed by atoms with E-state index in [2.05, 4.69) is 15.8 Å². The summed E-state index contributed by atoms with van der Waals surface area (Å²) in [6.07, 6.45) is 0.158. The lowest BCUT2D eigenvalue weighted by atomic mass is 10.1. The van der Waals surface area contributed by atoms with Crippen molar-refractivity contribution in [3.8, 4) is 0 Å².